The lowest BCUT2D eigenvalue weighted by Crippen LogP contribution is -2.45. The Balaban J connectivity index is 4.16. The van der Waals surface area contributed by atoms with Gasteiger partial charge in [-0.15, -0.1) is 0 Å². The van der Waals surface area contributed by atoms with E-state index in [2.05, 4.69) is 46.6 Å². The van der Waals surface area contributed by atoms with Crippen LogP contribution in [0.1, 0.15) is 41.0 Å². The van der Waals surface area contributed by atoms with E-state index in [0.717, 1.165) is 13.0 Å². The highest BCUT2D eigenvalue weighted by Crippen LogP contribution is 2.22. The third kappa shape index (κ3) is 5.27. The molecule has 0 fully saturated rings. The average Bonchev–Trinajstić information content (AvgIpc) is 1.82. The molecule has 0 aromatic heterocycles. The third-order valence-corrected chi connectivity index (χ3v) is 2.47. The van der Waals surface area contributed by atoms with E-state index in [0.29, 0.717) is 5.41 Å². The molecule has 0 atom stereocenters. The first-order chi connectivity index (χ1) is 5.69. The van der Waals surface area contributed by atoms with Gasteiger partial charge < -0.3 is 10.0 Å². The predicted octanol–water partition coefficient (Wildman–Crippen LogP) is 2.13. The fraction of sp³-hybridized carbons (Fsp3) is 1.00. The van der Waals surface area contributed by atoms with Gasteiger partial charge in [0.2, 0.25) is 0 Å². The van der Waals surface area contributed by atoms with Crippen LogP contribution < -0.4 is 0 Å². The summed E-state index contributed by atoms with van der Waals surface area (Å²) in [4.78, 5) is 2.32. The molecule has 0 rings (SSSR count). The van der Waals surface area contributed by atoms with Crippen molar-refractivity contribution in [3.8, 4) is 0 Å². The van der Waals surface area contributed by atoms with Crippen molar-refractivity contribution in [2.24, 2.45) is 5.41 Å². The van der Waals surface area contributed by atoms with Crippen LogP contribution in [0.4, 0.5) is 0 Å². The maximum Gasteiger partial charge on any atom is 0.0448 e. The Kier molecular flexibility index (Phi) is 4.40. The molecule has 0 aliphatic carbocycles. The van der Waals surface area contributed by atoms with E-state index in [-0.39, 0.29) is 12.1 Å². The molecule has 0 aromatic carbocycles. The van der Waals surface area contributed by atoms with Crippen molar-refractivity contribution in [2.75, 3.05) is 20.2 Å². The first-order valence-corrected chi connectivity index (χ1v) is 5.01. The van der Waals surface area contributed by atoms with Gasteiger partial charge in [-0.1, -0.05) is 20.8 Å². The molecule has 0 bridgehead atoms. The second kappa shape index (κ2) is 4.43. The zero-order valence-electron chi connectivity index (χ0n) is 10.0. The Bertz CT molecular complexity index is 147. The lowest BCUT2D eigenvalue weighted by atomic mass is 9.91. The molecule has 13 heavy (non-hydrogen) atoms. The SMILES string of the molecule is CN(CC(C)(C)C)C(C)(C)CCO. The van der Waals surface area contributed by atoms with Gasteiger partial charge >= 0.3 is 0 Å². The number of hydrogen-bond donors (Lipinski definition) is 1. The van der Waals surface area contributed by atoms with Crippen molar-refractivity contribution in [3.63, 3.8) is 0 Å². The van der Waals surface area contributed by atoms with Crippen LogP contribution in [0.25, 0.3) is 0 Å². The van der Waals surface area contributed by atoms with Crippen LogP contribution in [-0.2, 0) is 0 Å². The van der Waals surface area contributed by atoms with Gasteiger partial charge in [-0.25, -0.2) is 0 Å². The molecule has 0 unspecified atom stereocenters. The fourth-order valence-electron chi connectivity index (χ4n) is 1.39. The minimum absolute atomic E-state index is 0.0992. The lowest BCUT2D eigenvalue weighted by molar-refractivity contribution is 0.0832. The standard InChI is InChI=1S/C11H25NO/c1-10(2,3)9-12(6)11(4,5)7-8-13/h13H,7-9H2,1-6H3. The lowest BCUT2D eigenvalue weighted by Gasteiger charge is -2.39. The van der Waals surface area contributed by atoms with Gasteiger partial charge in [-0.2, -0.15) is 0 Å². The molecule has 0 saturated carbocycles. The maximum atomic E-state index is 8.92. The summed E-state index contributed by atoms with van der Waals surface area (Å²) in [5.74, 6) is 0. The number of nitrogens with zero attached hydrogens (tertiary/aromatic N) is 1. The molecule has 0 aliphatic rings. The van der Waals surface area contributed by atoms with E-state index >= 15 is 0 Å². The molecule has 2 heteroatoms. The third-order valence-electron chi connectivity index (χ3n) is 2.47. The molecular weight excluding hydrogens is 162 g/mol. The predicted molar refractivity (Wildman–Crippen MR) is 57.9 cm³/mol. The van der Waals surface area contributed by atoms with E-state index in [1.807, 2.05) is 0 Å². The number of hydrogen-bond acceptors (Lipinski definition) is 2. The normalized spacial score (nSPS) is 13.8. The highest BCUT2D eigenvalue weighted by molar-refractivity contribution is 4.81. The second-order valence-corrected chi connectivity index (χ2v) is 5.70. The highest BCUT2D eigenvalue weighted by Gasteiger charge is 2.26. The van der Waals surface area contributed by atoms with Crippen LogP contribution in [-0.4, -0.2) is 35.7 Å². The molecule has 0 spiro atoms. The van der Waals surface area contributed by atoms with E-state index in [1.165, 1.54) is 0 Å². The highest BCUT2D eigenvalue weighted by atomic mass is 16.3. The molecule has 0 heterocycles. The van der Waals surface area contributed by atoms with Crippen molar-refractivity contribution in [3.05, 3.63) is 0 Å². The van der Waals surface area contributed by atoms with Crippen LogP contribution in [0.2, 0.25) is 0 Å². The summed E-state index contributed by atoms with van der Waals surface area (Å²) in [7, 11) is 2.13. The maximum absolute atomic E-state index is 8.92. The largest absolute Gasteiger partial charge is 0.396 e. The Morgan fingerprint density at radius 1 is 1.08 bits per heavy atom. The monoisotopic (exact) mass is 187 g/mol. The fourth-order valence-corrected chi connectivity index (χ4v) is 1.39. The van der Waals surface area contributed by atoms with Crippen molar-refractivity contribution < 1.29 is 5.11 Å². The van der Waals surface area contributed by atoms with Crippen molar-refractivity contribution in [1.82, 2.24) is 4.90 Å². The quantitative estimate of drug-likeness (QED) is 0.729. The van der Waals surface area contributed by atoms with Gasteiger partial charge in [0.1, 0.15) is 0 Å². The molecule has 0 aromatic rings. The summed E-state index contributed by atoms with van der Waals surface area (Å²) >= 11 is 0. The van der Waals surface area contributed by atoms with Crippen molar-refractivity contribution in [1.29, 1.82) is 0 Å². The minimum Gasteiger partial charge on any atom is -0.396 e. The summed E-state index contributed by atoms with van der Waals surface area (Å²) in [6.45, 7) is 12.4. The molecular formula is C11H25NO. The Hall–Kier alpha value is -0.0800. The van der Waals surface area contributed by atoms with E-state index in [9.17, 15) is 0 Å². The van der Waals surface area contributed by atoms with Gasteiger partial charge in [0.25, 0.3) is 0 Å². The van der Waals surface area contributed by atoms with Gasteiger partial charge in [-0.05, 0) is 32.7 Å². The number of aliphatic hydroxyl groups is 1. The van der Waals surface area contributed by atoms with Crippen molar-refractivity contribution in [2.45, 2.75) is 46.6 Å². The van der Waals surface area contributed by atoms with Crippen LogP contribution >= 0.6 is 0 Å². The smallest absolute Gasteiger partial charge is 0.0448 e. The number of aliphatic hydroxyl groups excluding tert-OH is 1. The first kappa shape index (κ1) is 12.9. The zero-order chi connectivity index (χ0) is 10.7. The Morgan fingerprint density at radius 2 is 1.54 bits per heavy atom. The molecule has 0 aliphatic heterocycles. The van der Waals surface area contributed by atoms with Gasteiger partial charge in [0.15, 0.2) is 0 Å². The summed E-state index contributed by atoms with van der Waals surface area (Å²) in [6.07, 6.45) is 0.833. The topological polar surface area (TPSA) is 23.5 Å². The van der Waals surface area contributed by atoms with Crippen LogP contribution in [0, 0.1) is 5.41 Å². The molecule has 0 amide bonds. The van der Waals surface area contributed by atoms with Gasteiger partial charge in [-0.3, -0.25) is 0 Å². The first-order valence-electron chi connectivity index (χ1n) is 5.01. The molecule has 80 valence electrons. The van der Waals surface area contributed by atoms with E-state index in [1.54, 1.807) is 0 Å². The second-order valence-electron chi connectivity index (χ2n) is 5.70. The van der Waals surface area contributed by atoms with E-state index in [4.69, 9.17) is 5.11 Å². The number of rotatable bonds is 4. The molecule has 2 nitrogen and oxygen atoms in total. The van der Waals surface area contributed by atoms with Crippen molar-refractivity contribution >= 4 is 0 Å². The Labute approximate surface area is 82.9 Å². The summed E-state index contributed by atoms with van der Waals surface area (Å²) in [5, 5.41) is 8.92. The average molecular weight is 187 g/mol. The zero-order valence-corrected chi connectivity index (χ0v) is 10.0. The summed E-state index contributed by atoms with van der Waals surface area (Å²) < 4.78 is 0. The minimum atomic E-state index is 0.0992. The van der Waals surface area contributed by atoms with E-state index < -0.39 is 0 Å². The Morgan fingerprint density at radius 3 is 1.85 bits per heavy atom. The van der Waals surface area contributed by atoms with Crippen LogP contribution in [0.5, 0.6) is 0 Å². The summed E-state index contributed by atoms with van der Waals surface area (Å²) in [6, 6.07) is 0. The molecule has 0 radical (unpaired) electrons. The van der Waals surface area contributed by atoms with Crippen LogP contribution in [0.15, 0.2) is 0 Å². The molecule has 1 N–H and O–H groups in total. The summed E-state index contributed by atoms with van der Waals surface area (Å²) in [5.41, 5.74) is 0.420. The van der Waals surface area contributed by atoms with Gasteiger partial charge in [0, 0.05) is 18.7 Å². The molecule has 0 saturated heterocycles. The van der Waals surface area contributed by atoms with Crippen LogP contribution in [0.3, 0.4) is 0 Å². The van der Waals surface area contributed by atoms with Gasteiger partial charge in [0.05, 0.1) is 0 Å².